The molecule has 2 aromatic carbocycles. The molecule has 2 heterocycles. The smallest absolute Gasteiger partial charge is 0.251 e. The summed E-state index contributed by atoms with van der Waals surface area (Å²) in [6.07, 6.45) is 6.84. The molecule has 0 saturated carbocycles. The molecule has 0 fully saturated rings. The lowest BCUT2D eigenvalue weighted by molar-refractivity contribution is -0.121. The maximum absolute atomic E-state index is 14.8. The number of amides is 2. The van der Waals surface area contributed by atoms with Crippen molar-refractivity contribution in [2.75, 3.05) is 25.5 Å². The molecule has 7 N–H and O–H groups in total. The Bertz CT molecular complexity index is 1690. The summed E-state index contributed by atoms with van der Waals surface area (Å²) in [5.41, 5.74) is 7.95. The molecule has 0 aliphatic rings. The van der Waals surface area contributed by atoms with Crippen molar-refractivity contribution in [2.24, 2.45) is 5.73 Å². The number of carbonyl (C=O) groups is 2. The summed E-state index contributed by atoms with van der Waals surface area (Å²) in [5.74, 6) is -2.40. The Morgan fingerprint density at radius 1 is 1.11 bits per heavy atom. The Kier molecular flexibility index (Phi) is 10.8. The second kappa shape index (κ2) is 14.9. The molecule has 0 bridgehead atoms. The van der Waals surface area contributed by atoms with Gasteiger partial charge in [-0.3, -0.25) is 19.4 Å². The second-order valence-electron chi connectivity index (χ2n) is 10.4. The lowest BCUT2D eigenvalue weighted by atomic mass is 10.0. The number of ether oxygens (including phenoxy) is 1. The van der Waals surface area contributed by atoms with Crippen molar-refractivity contribution < 1.29 is 23.1 Å². The number of benzene rings is 2. The monoisotopic (exact) mass is 621 g/mol. The van der Waals surface area contributed by atoms with Gasteiger partial charge < -0.3 is 31.7 Å². The molecular formula is C31H37F2N9O3. The first-order valence-electron chi connectivity index (χ1n) is 14.5. The van der Waals surface area contributed by atoms with Crippen LogP contribution in [0.25, 0.3) is 16.9 Å². The SMILES string of the molecule is CCc1cc(Nc2nccn3c(-c4ccc(OC)c(F)c4F)cnc23)ccc1C(=O)NC[C@H](C)NC(=O)CCCCNC(=N)N. The van der Waals surface area contributed by atoms with Gasteiger partial charge in [-0.2, -0.15) is 4.39 Å². The molecule has 0 saturated heterocycles. The van der Waals surface area contributed by atoms with Gasteiger partial charge in [0.1, 0.15) is 0 Å². The van der Waals surface area contributed by atoms with Crippen LogP contribution in [0, 0.1) is 17.0 Å². The molecule has 238 valence electrons. The normalized spacial score (nSPS) is 11.6. The van der Waals surface area contributed by atoms with Crippen molar-refractivity contribution in [3.05, 3.63) is 71.7 Å². The molecule has 0 unspecified atom stereocenters. The Labute approximate surface area is 259 Å². The highest BCUT2D eigenvalue weighted by atomic mass is 19.2. The van der Waals surface area contributed by atoms with Crippen molar-refractivity contribution in [2.45, 2.75) is 45.6 Å². The number of aromatic nitrogens is 3. The van der Waals surface area contributed by atoms with Crippen LogP contribution in [0.15, 0.2) is 48.9 Å². The highest BCUT2D eigenvalue weighted by Crippen LogP contribution is 2.31. The molecule has 12 nitrogen and oxygen atoms in total. The number of guanidine groups is 1. The Morgan fingerprint density at radius 2 is 1.91 bits per heavy atom. The van der Waals surface area contributed by atoms with E-state index in [0.29, 0.717) is 60.6 Å². The van der Waals surface area contributed by atoms with E-state index in [9.17, 15) is 18.4 Å². The molecule has 4 rings (SSSR count). The minimum absolute atomic E-state index is 0.0224. The van der Waals surface area contributed by atoms with Crippen molar-refractivity contribution in [1.29, 1.82) is 5.41 Å². The van der Waals surface area contributed by atoms with Crippen LogP contribution in [0.4, 0.5) is 20.3 Å². The zero-order valence-electron chi connectivity index (χ0n) is 25.3. The number of anilines is 2. The number of imidazole rings is 1. The first-order chi connectivity index (χ1) is 21.6. The molecule has 45 heavy (non-hydrogen) atoms. The molecule has 4 aromatic rings. The van der Waals surface area contributed by atoms with Gasteiger partial charge in [-0.25, -0.2) is 14.4 Å². The van der Waals surface area contributed by atoms with Crippen LogP contribution in [0.2, 0.25) is 0 Å². The number of fused-ring (bicyclic) bond motifs is 1. The third-order valence-corrected chi connectivity index (χ3v) is 7.09. The van der Waals surface area contributed by atoms with Crippen LogP contribution in [-0.4, -0.2) is 58.4 Å². The fourth-order valence-corrected chi connectivity index (χ4v) is 4.79. The van der Waals surface area contributed by atoms with Gasteiger partial charge in [0.25, 0.3) is 5.91 Å². The van der Waals surface area contributed by atoms with Gasteiger partial charge in [0, 0.05) is 54.8 Å². The summed E-state index contributed by atoms with van der Waals surface area (Å²) in [5, 5.41) is 18.8. The van der Waals surface area contributed by atoms with Gasteiger partial charge in [-0.05, 0) is 62.1 Å². The van der Waals surface area contributed by atoms with Crippen molar-refractivity contribution in [3.63, 3.8) is 0 Å². The highest BCUT2D eigenvalue weighted by Gasteiger charge is 2.20. The highest BCUT2D eigenvalue weighted by molar-refractivity contribution is 5.96. The minimum atomic E-state index is -1.08. The molecule has 0 radical (unpaired) electrons. The topological polar surface area (TPSA) is 172 Å². The number of unbranched alkanes of at least 4 members (excludes halogenated alkanes) is 1. The summed E-state index contributed by atoms with van der Waals surface area (Å²) >= 11 is 0. The van der Waals surface area contributed by atoms with Gasteiger partial charge >= 0.3 is 0 Å². The van der Waals surface area contributed by atoms with Gasteiger partial charge in [0.05, 0.1) is 19.0 Å². The zero-order valence-corrected chi connectivity index (χ0v) is 25.3. The number of hydrogen-bond donors (Lipinski definition) is 6. The van der Waals surface area contributed by atoms with Gasteiger partial charge in [0.15, 0.2) is 29.0 Å². The Hall–Kier alpha value is -5.27. The zero-order chi connectivity index (χ0) is 32.5. The summed E-state index contributed by atoms with van der Waals surface area (Å²) in [4.78, 5) is 34.0. The Balaban J connectivity index is 1.39. The number of rotatable bonds is 14. The summed E-state index contributed by atoms with van der Waals surface area (Å²) < 4.78 is 35.7. The van der Waals surface area contributed by atoms with Gasteiger partial charge in [0.2, 0.25) is 11.7 Å². The number of carbonyl (C=O) groups excluding carboxylic acids is 2. The number of methoxy groups -OCH3 is 1. The molecule has 0 aliphatic carbocycles. The van der Waals surface area contributed by atoms with E-state index in [0.717, 1.165) is 5.56 Å². The second-order valence-corrected chi connectivity index (χ2v) is 10.4. The number of nitrogens with zero attached hydrogens (tertiary/aromatic N) is 3. The maximum atomic E-state index is 14.8. The van der Waals surface area contributed by atoms with Crippen molar-refractivity contribution >= 4 is 34.9 Å². The molecular weight excluding hydrogens is 584 g/mol. The number of aryl methyl sites for hydroxylation is 1. The summed E-state index contributed by atoms with van der Waals surface area (Å²) in [6.45, 7) is 4.55. The Morgan fingerprint density at radius 3 is 2.64 bits per heavy atom. The predicted octanol–water partition coefficient (Wildman–Crippen LogP) is 3.88. The van der Waals surface area contributed by atoms with E-state index in [4.69, 9.17) is 15.9 Å². The molecule has 2 amide bonds. The number of hydrogen-bond acceptors (Lipinski definition) is 7. The molecule has 0 aliphatic heterocycles. The van der Waals surface area contributed by atoms with Gasteiger partial charge in [-0.1, -0.05) is 6.92 Å². The largest absolute Gasteiger partial charge is 0.494 e. The maximum Gasteiger partial charge on any atom is 0.251 e. The lowest BCUT2D eigenvalue weighted by Gasteiger charge is -2.16. The average Bonchev–Trinajstić information content (AvgIpc) is 3.45. The number of nitrogens with one attached hydrogen (secondary N) is 5. The third kappa shape index (κ3) is 8.02. The number of halogens is 2. The van der Waals surface area contributed by atoms with E-state index < -0.39 is 11.6 Å². The standard InChI is InChI=1S/C31H37F2N9O3/c1-4-19-15-20(8-9-21(19)30(44)39-16-18(2)40-25(43)7-5-6-12-37-31(34)35)41-28-29-38-17-23(42(29)14-13-36-28)22-10-11-24(45-3)27(33)26(22)32/h8-11,13-15,17-18H,4-7,12,16H2,1-3H3,(H,36,41)(H,39,44)(H,40,43)(H4,34,35,37)/t18-/m0/s1. The van der Waals surface area contributed by atoms with Gasteiger partial charge in [-0.15, -0.1) is 0 Å². The van der Waals surface area contributed by atoms with Crippen LogP contribution in [0.3, 0.4) is 0 Å². The molecule has 0 spiro atoms. The van der Waals surface area contributed by atoms with E-state index in [1.807, 2.05) is 19.9 Å². The van der Waals surface area contributed by atoms with E-state index >= 15 is 0 Å². The third-order valence-electron chi connectivity index (χ3n) is 7.09. The molecule has 1 atom stereocenters. The molecule has 14 heteroatoms. The van der Waals surface area contributed by atoms with E-state index in [-0.39, 0.29) is 41.7 Å². The van der Waals surface area contributed by atoms with E-state index in [1.165, 1.54) is 31.6 Å². The van der Waals surface area contributed by atoms with Crippen LogP contribution < -0.4 is 31.7 Å². The van der Waals surface area contributed by atoms with Crippen molar-refractivity contribution in [1.82, 2.24) is 30.3 Å². The first kappa shape index (κ1) is 32.6. The van der Waals surface area contributed by atoms with Crippen LogP contribution >= 0.6 is 0 Å². The fraction of sp³-hybridized carbons (Fsp3) is 0.323. The quantitative estimate of drug-likeness (QED) is 0.0700. The molecule has 2 aromatic heterocycles. The van der Waals surface area contributed by atoms with Crippen molar-refractivity contribution in [3.8, 4) is 17.0 Å². The van der Waals surface area contributed by atoms with Crippen LogP contribution in [-0.2, 0) is 11.2 Å². The summed E-state index contributed by atoms with van der Waals surface area (Å²) in [6, 6.07) is 7.81. The predicted molar refractivity (Wildman–Crippen MR) is 168 cm³/mol. The van der Waals surface area contributed by atoms with E-state index in [2.05, 4.69) is 31.2 Å². The lowest BCUT2D eigenvalue weighted by Crippen LogP contribution is -2.42. The average molecular weight is 622 g/mol. The van der Waals surface area contributed by atoms with Crippen LogP contribution in [0.1, 0.15) is 49.0 Å². The first-order valence-corrected chi connectivity index (χ1v) is 14.5. The fourth-order valence-electron chi connectivity index (χ4n) is 4.79. The van der Waals surface area contributed by atoms with E-state index in [1.54, 1.807) is 22.7 Å². The summed E-state index contributed by atoms with van der Waals surface area (Å²) in [7, 11) is 1.27. The van der Waals surface area contributed by atoms with Crippen LogP contribution in [0.5, 0.6) is 5.75 Å². The number of nitrogens with two attached hydrogens (primary N) is 1. The minimum Gasteiger partial charge on any atom is -0.494 e.